The van der Waals surface area contributed by atoms with E-state index in [1.54, 1.807) is 0 Å². The molecule has 120 valence electrons. The molecule has 0 heterocycles. The zero-order valence-corrected chi connectivity index (χ0v) is 15.3. The van der Waals surface area contributed by atoms with Crippen molar-refractivity contribution in [2.45, 2.75) is 54.4 Å². The minimum absolute atomic E-state index is 0.125. The van der Waals surface area contributed by atoms with Crippen molar-refractivity contribution in [3.05, 3.63) is 47.0 Å². The first kappa shape index (κ1) is 17.0. The third-order valence-corrected chi connectivity index (χ3v) is 4.69. The molecule has 0 aliphatic heterocycles. The Kier molecular flexibility index (Phi) is 4.67. The van der Waals surface area contributed by atoms with E-state index in [1.165, 1.54) is 0 Å². The van der Waals surface area contributed by atoms with Crippen LogP contribution in [0.2, 0.25) is 0 Å². The summed E-state index contributed by atoms with van der Waals surface area (Å²) in [5.74, 6) is 1.33. The van der Waals surface area contributed by atoms with Gasteiger partial charge in [0.05, 0.1) is 0 Å². The summed E-state index contributed by atoms with van der Waals surface area (Å²) in [6, 6.07) is 0. The van der Waals surface area contributed by atoms with Crippen LogP contribution in [0.1, 0.15) is 54.4 Å². The predicted octanol–water partition coefficient (Wildman–Crippen LogP) is 6.20. The Morgan fingerprint density at radius 3 is 1.55 bits per heavy atom. The predicted molar refractivity (Wildman–Crippen MR) is 90.3 cm³/mol. The molecule has 0 aromatic heterocycles. The van der Waals surface area contributed by atoms with Crippen LogP contribution in [0.3, 0.4) is 0 Å². The summed E-state index contributed by atoms with van der Waals surface area (Å²) in [5, 5.41) is 0. The highest BCUT2D eigenvalue weighted by Gasteiger charge is 2.32. The Labute approximate surface area is 134 Å². The number of allylic oxidation sites excluding steroid dienone is 6. The van der Waals surface area contributed by atoms with Gasteiger partial charge in [0.2, 0.25) is 0 Å². The molecule has 0 radical (unpaired) electrons. The molecule has 0 amide bonds. The molecule has 0 atom stereocenters. The average molecular weight is 321 g/mol. The Morgan fingerprint density at radius 1 is 0.864 bits per heavy atom. The summed E-state index contributed by atoms with van der Waals surface area (Å²) in [4.78, 5) is 0. The summed E-state index contributed by atoms with van der Waals surface area (Å²) in [7, 11) is -2.21. The van der Waals surface area contributed by atoms with Crippen LogP contribution in [-0.2, 0) is 13.6 Å². The maximum Gasteiger partial charge on any atom is 0.805 e. The van der Waals surface area contributed by atoms with E-state index in [0.717, 1.165) is 24.0 Å². The van der Waals surface area contributed by atoms with Crippen molar-refractivity contribution >= 4 is 8.25 Å². The lowest BCUT2D eigenvalue weighted by molar-refractivity contribution is 0.311. The summed E-state index contributed by atoms with van der Waals surface area (Å²) in [6.07, 6.45) is 9.78. The lowest BCUT2D eigenvalue weighted by atomic mass is 9.82. The standard InChI is InChI=1S/C18H26O3P/c1-13-11-17(3,4)9-7-15(13)20-22(19)21-16-8-10-18(5,6)12-14(16)2/h7-10H,11-12H2,1-6H3/q+1. The van der Waals surface area contributed by atoms with Crippen LogP contribution >= 0.6 is 8.25 Å². The molecule has 4 heteroatoms. The fraction of sp³-hybridized carbons (Fsp3) is 0.556. The summed E-state index contributed by atoms with van der Waals surface area (Å²) >= 11 is 0. The van der Waals surface area contributed by atoms with E-state index in [1.807, 2.05) is 26.0 Å². The lowest BCUT2D eigenvalue weighted by Crippen LogP contribution is -2.13. The van der Waals surface area contributed by atoms with Gasteiger partial charge in [-0.3, -0.25) is 0 Å². The van der Waals surface area contributed by atoms with E-state index >= 15 is 0 Å². The van der Waals surface area contributed by atoms with Gasteiger partial charge < -0.3 is 0 Å². The molecule has 22 heavy (non-hydrogen) atoms. The summed E-state index contributed by atoms with van der Waals surface area (Å²) in [6.45, 7) is 12.7. The van der Waals surface area contributed by atoms with Crippen molar-refractivity contribution in [3.8, 4) is 0 Å². The molecule has 0 fully saturated rings. The fourth-order valence-corrected chi connectivity index (χ4v) is 3.73. The summed E-state index contributed by atoms with van der Waals surface area (Å²) in [5.41, 5.74) is 2.46. The Hall–Kier alpha value is -1.34. The first-order chi connectivity index (χ1) is 10.1. The first-order valence-electron chi connectivity index (χ1n) is 7.69. The Morgan fingerprint density at radius 2 is 1.23 bits per heavy atom. The van der Waals surface area contributed by atoms with Crippen molar-refractivity contribution in [2.75, 3.05) is 0 Å². The van der Waals surface area contributed by atoms with Crippen LogP contribution < -0.4 is 0 Å². The lowest BCUT2D eigenvalue weighted by Gasteiger charge is -2.24. The molecule has 0 aromatic carbocycles. The molecule has 0 spiro atoms. The highest BCUT2D eigenvalue weighted by atomic mass is 31.1. The molecule has 0 bridgehead atoms. The number of hydrogen-bond donors (Lipinski definition) is 0. The van der Waals surface area contributed by atoms with Gasteiger partial charge in [-0.15, -0.1) is 0 Å². The van der Waals surface area contributed by atoms with Gasteiger partial charge in [-0.2, -0.15) is 0 Å². The van der Waals surface area contributed by atoms with E-state index in [0.29, 0.717) is 11.5 Å². The third kappa shape index (κ3) is 4.33. The van der Waals surface area contributed by atoms with Crippen LogP contribution in [0.25, 0.3) is 0 Å². The molecule has 0 saturated carbocycles. The van der Waals surface area contributed by atoms with Crippen LogP contribution in [0.4, 0.5) is 0 Å². The largest absolute Gasteiger partial charge is 0.805 e. The third-order valence-electron chi connectivity index (χ3n) is 4.00. The molecule has 0 unspecified atom stereocenters. The maximum atomic E-state index is 12.2. The minimum Gasteiger partial charge on any atom is -0.222 e. The van der Waals surface area contributed by atoms with Crippen LogP contribution in [0, 0.1) is 10.8 Å². The molecule has 0 aromatic rings. The second-order valence-corrected chi connectivity index (χ2v) is 8.51. The van der Waals surface area contributed by atoms with Gasteiger partial charge in [-0.1, -0.05) is 39.8 Å². The quantitative estimate of drug-likeness (QED) is 0.578. The molecule has 2 aliphatic carbocycles. The van der Waals surface area contributed by atoms with Crippen LogP contribution in [-0.4, -0.2) is 0 Å². The van der Waals surface area contributed by atoms with E-state index in [4.69, 9.17) is 9.05 Å². The number of rotatable bonds is 4. The zero-order chi connectivity index (χ0) is 16.5. The second-order valence-electron chi connectivity index (χ2n) is 7.69. The van der Waals surface area contributed by atoms with Crippen molar-refractivity contribution in [1.82, 2.24) is 0 Å². The van der Waals surface area contributed by atoms with E-state index in [-0.39, 0.29) is 10.8 Å². The maximum absolute atomic E-state index is 12.2. The van der Waals surface area contributed by atoms with E-state index in [9.17, 15) is 4.57 Å². The van der Waals surface area contributed by atoms with E-state index < -0.39 is 8.25 Å². The minimum atomic E-state index is -2.21. The molecule has 0 saturated heterocycles. The fourth-order valence-electron chi connectivity index (χ4n) is 2.94. The molecule has 2 rings (SSSR count). The topological polar surface area (TPSA) is 35.5 Å². The molecule has 0 N–H and O–H groups in total. The molecular formula is C18H26O3P+. The van der Waals surface area contributed by atoms with Crippen LogP contribution in [0.15, 0.2) is 47.0 Å². The second kappa shape index (κ2) is 6.04. The Balaban J connectivity index is 2.01. The van der Waals surface area contributed by atoms with Crippen molar-refractivity contribution in [1.29, 1.82) is 0 Å². The molecular weight excluding hydrogens is 295 g/mol. The SMILES string of the molecule is CC1=C(O[P+](=O)OC2=C(C)CC(C)(C)C=C2)C=CC(C)(C)C1. The Bertz CT molecular complexity index is 552. The normalized spacial score (nSPS) is 22.8. The monoisotopic (exact) mass is 321 g/mol. The van der Waals surface area contributed by atoms with Gasteiger partial charge in [0.1, 0.15) is 0 Å². The van der Waals surface area contributed by atoms with Crippen molar-refractivity contribution in [3.63, 3.8) is 0 Å². The summed E-state index contributed by atoms with van der Waals surface area (Å²) < 4.78 is 23.2. The van der Waals surface area contributed by atoms with Crippen molar-refractivity contribution < 1.29 is 13.6 Å². The molecule has 3 nitrogen and oxygen atoms in total. The van der Waals surface area contributed by atoms with Crippen LogP contribution in [0.5, 0.6) is 0 Å². The number of hydrogen-bond acceptors (Lipinski definition) is 3. The highest BCUT2D eigenvalue weighted by molar-refractivity contribution is 7.33. The highest BCUT2D eigenvalue weighted by Crippen LogP contribution is 2.41. The average Bonchev–Trinajstić information content (AvgIpc) is 2.35. The first-order valence-corrected chi connectivity index (χ1v) is 8.79. The smallest absolute Gasteiger partial charge is 0.222 e. The van der Waals surface area contributed by atoms with Gasteiger partial charge in [-0.25, -0.2) is 9.05 Å². The van der Waals surface area contributed by atoms with E-state index in [2.05, 4.69) is 39.8 Å². The van der Waals surface area contributed by atoms with Gasteiger partial charge in [0.15, 0.2) is 11.5 Å². The van der Waals surface area contributed by atoms with Gasteiger partial charge >= 0.3 is 8.25 Å². The van der Waals surface area contributed by atoms with Gasteiger partial charge in [0, 0.05) is 4.57 Å². The van der Waals surface area contributed by atoms with Gasteiger partial charge in [-0.05, 0) is 60.8 Å². The zero-order valence-electron chi connectivity index (χ0n) is 14.4. The van der Waals surface area contributed by atoms with Gasteiger partial charge in [0.25, 0.3) is 0 Å². The molecule has 2 aliphatic rings. The van der Waals surface area contributed by atoms with Crippen molar-refractivity contribution in [2.24, 2.45) is 10.8 Å².